The van der Waals surface area contributed by atoms with E-state index in [9.17, 15) is 9.59 Å². The maximum absolute atomic E-state index is 12.3. The Balaban J connectivity index is 1.71. The fourth-order valence-corrected chi connectivity index (χ4v) is 4.95. The molecule has 0 unspecified atom stereocenters. The van der Waals surface area contributed by atoms with Crippen LogP contribution < -0.4 is 15.2 Å². The monoisotopic (exact) mass is 449 g/mol. The van der Waals surface area contributed by atoms with Crippen molar-refractivity contribution in [3.8, 4) is 11.5 Å². The predicted molar refractivity (Wildman–Crippen MR) is 126 cm³/mol. The molecule has 4 rings (SSSR count). The van der Waals surface area contributed by atoms with Gasteiger partial charge in [-0.15, -0.1) is 0 Å². The van der Waals surface area contributed by atoms with Crippen LogP contribution in [0.2, 0.25) is 0 Å². The van der Waals surface area contributed by atoms with Crippen LogP contribution in [0.25, 0.3) is 0 Å². The molecule has 1 amide bonds. The quantitative estimate of drug-likeness (QED) is 0.395. The zero-order valence-corrected chi connectivity index (χ0v) is 19.2. The van der Waals surface area contributed by atoms with Crippen molar-refractivity contribution in [2.75, 3.05) is 26.7 Å². The van der Waals surface area contributed by atoms with E-state index in [1.165, 1.54) is 12.5 Å². The summed E-state index contributed by atoms with van der Waals surface area (Å²) in [5.74, 6) is 0.320. The Labute approximate surface area is 194 Å². The highest BCUT2D eigenvalue weighted by atomic mass is 16.6. The van der Waals surface area contributed by atoms with Gasteiger partial charge in [0.05, 0.1) is 13.2 Å². The Kier molecular flexibility index (Phi) is 6.87. The zero-order valence-electron chi connectivity index (χ0n) is 19.2. The number of ether oxygens (including phenoxy) is 2. The molecular weight excluding hydrogens is 418 g/mol. The third-order valence-electron chi connectivity index (χ3n) is 6.43. The molecule has 7 heteroatoms. The smallest absolute Gasteiger partial charge is 0.308 e. The number of rotatable bonds is 7. The first-order chi connectivity index (χ1) is 16.0. The predicted octanol–water partition coefficient (Wildman–Crippen LogP) is 3.57. The van der Waals surface area contributed by atoms with Crippen LogP contribution in [0, 0.1) is 0 Å². The van der Waals surface area contributed by atoms with Crippen molar-refractivity contribution in [2.45, 2.75) is 38.1 Å². The van der Waals surface area contributed by atoms with Crippen LogP contribution in [0.15, 0.2) is 60.4 Å². The van der Waals surface area contributed by atoms with Gasteiger partial charge in [-0.25, -0.2) is 0 Å². The summed E-state index contributed by atoms with van der Waals surface area (Å²) in [5, 5.41) is 0. The summed E-state index contributed by atoms with van der Waals surface area (Å²) in [4.78, 5) is 28.1. The summed E-state index contributed by atoms with van der Waals surface area (Å²) >= 11 is 0. The minimum atomic E-state index is -0.389. The molecule has 33 heavy (non-hydrogen) atoms. The van der Waals surface area contributed by atoms with E-state index >= 15 is 0 Å². The molecule has 2 heterocycles. The van der Waals surface area contributed by atoms with Crippen LogP contribution in [-0.2, 0) is 9.59 Å². The number of amides is 1. The van der Waals surface area contributed by atoms with Crippen molar-refractivity contribution in [3.05, 3.63) is 71.6 Å². The standard InChI is InChI=1S/C26H31N3O4/c1-18(30)33-23-11-10-20(16-24(23)32-2)21-12-15-29(25(21)19-8-4-3-5-9-19)17-22(26(27)31)28-13-6-7-14-28/h3-5,8-11,16-17,21,25H,6-7,12-15H2,1-2H3,(H2,27,31)/t21-,25+/m1/s1. The maximum Gasteiger partial charge on any atom is 0.308 e. The van der Waals surface area contributed by atoms with E-state index in [4.69, 9.17) is 15.2 Å². The number of carbonyl (C=O) groups is 2. The van der Waals surface area contributed by atoms with Crippen molar-refractivity contribution in [1.29, 1.82) is 0 Å². The molecule has 2 aliphatic heterocycles. The molecule has 0 aromatic heterocycles. The molecule has 0 aliphatic carbocycles. The van der Waals surface area contributed by atoms with E-state index in [0.717, 1.165) is 44.5 Å². The van der Waals surface area contributed by atoms with Gasteiger partial charge in [-0.3, -0.25) is 9.59 Å². The molecule has 0 radical (unpaired) electrons. The van der Waals surface area contributed by atoms with Gasteiger partial charge in [0.2, 0.25) is 0 Å². The molecule has 2 aromatic carbocycles. The summed E-state index contributed by atoms with van der Waals surface area (Å²) in [6, 6.07) is 16.1. The summed E-state index contributed by atoms with van der Waals surface area (Å²) in [5.41, 5.74) is 8.63. The average molecular weight is 450 g/mol. The minimum Gasteiger partial charge on any atom is -0.493 e. The number of nitrogens with zero attached hydrogens (tertiary/aromatic N) is 2. The van der Waals surface area contributed by atoms with Gasteiger partial charge in [0.25, 0.3) is 5.91 Å². The minimum absolute atomic E-state index is 0.0347. The molecule has 0 spiro atoms. The summed E-state index contributed by atoms with van der Waals surface area (Å²) in [7, 11) is 1.57. The summed E-state index contributed by atoms with van der Waals surface area (Å²) < 4.78 is 10.8. The molecule has 0 saturated carbocycles. The second-order valence-electron chi connectivity index (χ2n) is 8.57. The first-order valence-electron chi connectivity index (χ1n) is 11.4. The Hall–Kier alpha value is -3.48. The molecule has 2 fully saturated rings. The molecule has 0 bridgehead atoms. The van der Waals surface area contributed by atoms with Crippen LogP contribution in [0.3, 0.4) is 0 Å². The van der Waals surface area contributed by atoms with Gasteiger partial charge in [-0.2, -0.15) is 0 Å². The first-order valence-corrected chi connectivity index (χ1v) is 11.4. The fraction of sp³-hybridized carbons (Fsp3) is 0.385. The van der Waals surface area contributed by atoms with E-state index in [1.54, 1.807) is 13.2 Å². The highest BCUT2D eigenvalue weighted by Crippen LogP contribution is 2.46. The molecular formula is C26H31N3O4. The number of methoxy groups -OCH3 is 1. The van der Waals surface area contributed by atoms with Gasteiger partial charge < -0.3 is 25.0 Å². The lowest BCUT2D eigenvalue weighted by atomic mass is 9.87. The number of esters is 1. The normalized spacial score (nSPS) is 20.7. The second-order valence-corrected chi connectivity index (χ2v) is 8.57. The largest absolute Gasteiger partial charge is 0.493 e. The Morgan fingerprint density at radius 1 is 1.00 bits per heavy atom. The van der Waals surface area contributed by atoms with Gasteiger partial charge in [-0.1, -0.05) is 36.4 Å². The van der Waals surface area contributed by atoms with E-state index < -0.39 is 0 Å². The van der Waals surface area contributed by atoms with Crippen molar-refractivity contribution >= 4 is 11.9 Å². The highest BCUT2D eigenvalue weighted by Gasteiger charge is 2.36. The van der Waals surface area contributed by atoms with Crippen molar-refractivity contribution in [2.24, 2.45) is 5.73 Å². The van der Waals surface area contributed by atoms with E-state index in [0.29, 0.717) is 17.2 Å². The number of likely N-dealkylation sites (tertiary alicyclic amines) is 2. The van der Waals surface area contributed by atoms with E-state index in [-0.39, 0.29) is 23.8 Å². The van der Waals surface area contributed by atoms with Gasteiger partial charge in [0.1, 0.15) is 5.70 Å². The van der Waals surface area contributed by atoms with Gasteiger partial charge in [-0.05, 0) is 42.5 Å². The Bertz CT molecular complexity index is 1030. The van der Waals surface area contributed by atoms with Crippen LogP contribution in [-0.4, -0.2) is 48.4 Å². The molecule has 2 saturated heterocycles. The number of carbonyl (C=O) groups excluding carboxylic acids is 2. The van der Waals surface area contributed by atoms with Crippen molar-refractivity contribution in [3.63, 3.8) is 0 Å². The molecule has 2 atom stereocenters. The number of nitrogens with two attached hydrogens (primary N) is 1. The lowest BCUT2D eigenvalue weighted by Gasteiger charge is -2.30. The number of hydrogen-bond acceptors (Lipinski definition) is 6. The molecule has 2 N–H and O–H groups in total. The lowest BCUT2D eigenvalue weighted by Crippen LogP contribution is -2.32. The second kappa shape index (κ2) is 9.98. The molecule has 174 valence electrons. The summed E-state index contributed by atoms with van der Waals surface area (Å²) in [6.07, 6.45) is 5.00. The summed E-state index contributed by atoms with van der Waals surface area (Å²) in [6.45, 7) is 3.88. The third kappa shape index (κ3) is 4.97. The van der Waals surface area contributed by atoms with E-state index in [1.807, 2.05) is 36.5 Å². The van der Waals surface area contributed by atoms with Crippen molar-refractivity contribution < 1.29 is 19.1 Å². The zero-order chi connectivity index (χ0) is 23.4. The average Bonchev–Trinajstić information content (AvgIpc) is 3.48. The van der Waals surface area contributed by atoms with Crippen LogP contribution in [0.5, 0.6) is 11.5 Å². The van der Waals surface area contributed by atoms with Crippen LogP contribution in [0.1, 0.15) is 49.3 Å². The number of primary amides is 1. The first kappa shape index (κ1) is 22.7. The topological polar surface area (TPSA) is 85.1 Å². The highest BCUT2D eigenvalue weighted by molar-refractivity contribution is 5.91. The Morgan fingerprint density at radius 2 is 1.73 bits per heavy atom. The fourth-order valence-electron chi connectivity index (χ4n) is 4.95. The molecule has 7 nitrogen and oxygen atoms in total. The van der Waals surface area contributed by atoms with Gasteiger partial charge in [0, 0.05) is 38.7 Å². The van der Waals surface area contributed by atoms with Crippen LogP contribution in [0.4, 0.5) is 0 Å². The molecule has 2 aliphatic rings. The number of hydrogen-bond donors (Lipinski definition) is 1. The van der Waals surface area contributed by atoms with Crippen LogP contribution >= 0.6 is 0 Å². The maximum atomic E-state index is 12.3. The van der Waals surface area contributed by atoms with Gasteiger partial charge >= 0.3 is 5.97 Å². The van der Waals surface area contributed by atoms with Crippen molar-refractivity contribution in [1.82, 2.24) is 9.80 Å². The lowest BCUT2D eigenvalue weighted by molar-refractivity contribution is -0.132. The third-order valence-corrected chi connectivity index (χ3v) is 6.43. The SMILES string of the molecule is COc1cc([C@H]2CCN(C=C(C(N)=O)N3CCCC3)[C@H]2c2ccccc2)ccc1OC(C)=O. The molecule has 2 aromatic rings. The van der Waals surface area contributed by atoms with E-state index in [2.05, 4.69) is 21.9 Å². The Morgan fingerprint density at radius 3 is 2.36 bits per heavy atom. The van der Waals surface area contributed by atoms with Gasteiger partial charge in [0.15, 0.2) is 11.5 Å². The number of benzene rings is 2.